The number of hydrogen-bond donors (Lipinski definition) is 4. The van der Waals surface area contributed by atoms with Gasteiger partial charge in [-0.3, -0.25) is 18.9 Å². The average molecular weight is 568 g/mol. The Labute approximate surface area is 217 Å². The van der Waals surface area contributed by atoms with Crippen molar-refractivity contribution >= 4 is 49.6 Å². The first kappa shape index (κ1) is 24.5. The molecule has 5 rings (SSSR count). The molecule has 0 fully saturated rings. The number of imidazole rings is 1. The number of aromatic nitrogens is 5. The molecule has 0 saturated heterocycles. The number of aliphatic hydroxyl groups is 1. The Hall–Kier alpha value is -4.23. The number of hydrogen-bond acceptors (Lipinski definition) is 8. The third-order valence-corrected chi connectivity index (χ3v) is 6.35. The van der Waals surface area contributed by atoms with E-state index in [9.17, 15) is 19.8 Å². The lowest BCUT2D eigenvalue weighted by molar-refractivity contribution is 0.0934. The molecule has 0 bridgehead atoms. The smallest absolute Gasteiger partial charge is 0.329 e. The maximum Gasteiger partial charge on any atom is 0.329 e. The second-order valence-corrected chi connectivity index (χ2v) is 9.37. The summed E-state index contributed by atoms with van der Waals surface area (Å²) < 4.78 is 9.06. The van der Waals surface area contributed by atoms with Gasteiger partial charge in [0, 0.05) is 16.9 Å². The van der Waals surface area contributed by atoms with E-state index in [0.29, 0.717) is 16.7 Å². The van der Waals surface area contributed by atoms with E-state index >= 15 is 0 Å². The van der Waals surface area contributed by atoms with Crippen LogP contribution in [0.2, 0.25) is 0 Å². The number of ether oxygens (including phenoxy) is 1. The third kappa shape index (κ3) is 4.66. The van der Waals surface area contributed by atoms with Gasteiger partial charge in [-0.15, -0.1) is 10.2 Å². The lowest BCUT2D eigenvalue weighted by Crippen LogP contribution is -2.30. The number of nitrogens with one attached hydrogen (secondary N) is 2. The predicted molar refractivity (Wildman–Crippen MR) is 140 cm³/mol. The molecule has 0 aliphatic carbocycles. The van der Waals surface area contributed by atoms with E-state index in [-0.39, 0.29) is 41.8 Å². The van der Waals surface area contributed by atoms with Crippen molar-refractivity contribution in [3.05, 3.63) is 73.3 Å². The summed E-state index contributed by atoms with van der Waals surface area (Å²) in [7, 11) is 1.46. The molecule has 12 nitrogen and oxygen atoms in total. The van der Waals surface area contributed by atoms with Crippen LogP contribution in [0, 0.1) is 6.92 Å². The lowest BCUT2D eigenvalue weighted by atomic mass is 10.2. The maximum atomic E-state index is 12.7. The fourth-order valence-corrected chi connectivity index (χ4v) is 4.33. The normalized spacial score (nSPS) is 12.6. The summed E-state index contributed by atoms with van der Waals surface area (Å²) in [6.07, 6.45) is -1.06. The van der Waals surface area contributed by atoms with E-state index in [1.807, 2.05) is 31.2 Å². The van der Waals surface area contributed by atoms with E-state index < -0.39 is 17.4 Å². The van der Waals surface area contributed by atoms with E-state index in [1.165, 1.54) is 16.2 Å². The van der Waals surface area contributed by atoms with Gasteiger partial charge in [0.2, 0.25) is 5.88 Å². The van der Waals surface area contributed by atoms with Gasteiger partial charge in [0.15, 0.2) is 16.9 Å². The molecule has 0 radical (unpaired) electrons. The van der Waals surface area contributed by atoms with Gasteiger partial charge in [-0.05, 0) is 36.8 Å². The van der Waals surface area contributed by atoms with Gasteiger partial charge in [0.25, 0.3) is 11.5 Å². The molecule has 0 saturated carbocycles. The van der Waals surface area contributed by atoms with Crippen LogP contribution < -0.4 is 16.0 Å². The molecule has 190 valence electrons. The van der Waals surface area contributed by atoms with Crippen LogP contribution in [0.5, 0.6) is 11.6 Å². The van der Waals surface area contributed by atoms with E-state index in [1.54, 1.807) is 18.2 Å². The molecule has 3 aromatic heterocycles. The summed E-state index contributed by atoms with van der Waals surface area (Å²) in [5.74, 6) is 0.384. The highest BCUT2D eigenvalue weighted by Crippen LogP contribution is 2.37. The monoisotopic (exact) mass is 567 g/mol. The van der Waals surface area contributed by atoms with Gasteiger partial charge in [0.05, 0.1) is 12.1 Å². The zero-order valence-electron chi connectivity index (χ0n) is 19.8. The van der Waals surface area contributed by atoms with E-state index in [4.69, 9.17) is 4.74 Å². The highest BCUT2D eigenvalue weighted by Gasteiger charge is 2.21. The standard InChI is InChI=1S/C24H22BrN7O5/c1-12-5-3-4-6-17(12)37-11-14(33)10-32-19-20(31(2)24(36)28-22(19)35)27-23(32)30-29-18-15-9-13(25)7-8-16(15)26-21(18)34/h3-9,14,26,33-34H,10-11H2,1-2H3,(H,28,35,36). The Morgan fingerprint density at radius 2 is 1.95 bits per heavy atom. The summed E-state index contributed by atoms with van der Waals surface area (Å²) in [6.45, 7) is 1.70. The number of benzene rings is 2. The molecule has 0 aliphatic heterocycles. The second-order valence-electron chi connectivity index (χ2n) is 8.46. The van der Waals surface area contributed by atoms with Crippen LogP contribution in [0.25, 0.3) is 22.1 Å². The van der Waals surface area contributed by atoms with Gasteiger partial charge in [-0.1, -0.05) is 34.1 Å². The summed E-state index contributed by atoms with van der Waals surface area (Å²) in [4.78, 5) is 34.3. The first-order valence-corrected chi connectivity index (χ1v) is 12.0. The molecule has 3 heterocycles. The number of azo groups is 1. The number of rotatable bonds is 7. The zero-order valence-corrected chi connectivity index (χ0v) is 21.4. The molecule has 13 heteroatoms. The van der Waals surface area contributed by atoms with Crippen LogP contribution >= 0.6 is 15.9 Å². The zero-order chi connectivity index (χ0) is 26.3. The number of aliphatic hydroxyl groups excluding tert-OH is 1. The minimum atomic E-state index is -1.06. The van der Waals surface area contributed by atoms with Crippen molar-refractivity contribution in [3.63, 3.8) is 0 Å². The SMILES string of the molecule is Cc1ccccc1OCC(O)Cn1c(N=Nc2c(O)[nH]c3ccc(Br)cc23)nc2c1c(=O)[nH]c(=O)n2C. The Morgan fingerprint density at radius 1 is 1.16 bits per heavy atom. The van der Waals surface area contributed by atoms with Crippen LogP contribution in [-0.2, 0) is 13.6 Å². The molecule has 2 aromatic carbocycles. The van der Waals surface area contributed by atoms with Crippen LogP contribution in [0.15, 0.2) is 66.8 Å². The fraction of sp³-hybridized carbons (Fsp3) is 0.208. The number of para-hydroxylation sites is 1. The van der Waals surface area contributed by atoms with Crippen LogP contribution in [0.3, 0.4) is 0 Å². The van der Waals surface area contributed by atoms with Crippen molar-refractivity contribution in [2.75, 3.05) is 6.61 Å². The first-order valence-electron chi connectivity index (χ1n) is 11.2. The predicted octanol–water partition coefficient (Wildman–Crippen LogP) is 3.54. The average Bonchev–Trinajstić information content (AvgIpc) is 3.37. The minimum absolute atomic E-state index is 0.0388. The maximum absolute atomic E-state index is 12.7. The van der Waals surface area contributed by atoms with Gasteiger partial charge in [-0.25, -0.2) is 4.79 Å². The van der Waals surface area contributed by atoms with Gasteiger partial charge >= 0.3 is 5.69 Å². The van der Waals surface area contributed by atoms with Gasteiger partial charge < -0.3 is 19.9 Å². The number of halogens is 1. The number of H-pyrrole nitrogens is 2. The lowest BCUT2D eigenvalue weighted by Gasteiger charge is -2.15. The largest absolute Gasteiger partial charge is 0.493 e. The number of aryl methyl sites for hydroxylation is 2. The Kier molecular flexibility index (Phi) is 6.39. The molecule has 1 unspecified atom stereocenters. The molecule has 0 amide bonds. The van der Waals surface area contributed by atoms with E-state index in [2.05, 4.69) is 41.1 Å². The number of aromatic hydroxyl groups is 1. The van der Waals surface area contributed by atoms with Crippen LogP contribution in [0.1, 0.15) is 5.56 Å². The van der Waals surface area contributed by atoms with Crippen molar-refractivity contribution in [1.82, 2.24) is 24.1 Å². The topological polar surface area (TPSA) is 163 Å². The van der Waals surface area contributed by atoms with Gasteiger partial charge in [-0.2, -0.15) is 4.98 Å². The summed E-state index contributed by atoms with van der Waals surface area (Å²) in [6, 6.07) is 12.7. The van der Waals surface area contributed by atoms with Crippen LogP contribution in [-0.4, -0.2) is 47.0 Å². The number of nitrogens with zero attached hydrogens (tertiary/aromatic N) is 5. The minimum Gasteiger partial charge on any atom is -0.493 e. The van der Waals surface area contributed by atoms with Gasteiger partial charge in [0.1, 0.15) is 18.5 Å². The Balaban J connectivity index is 1.54. The number of aromatic amines is 2. The Bertz CT molecular complexity index is 1780. The third-order valence-electron chi connectivity index (χ3n) is 5.86. The highest BCUT2D eigenvalue weighted by atomic mass is 79.9. The van der Waals surface area contributed by atoms with E-state index in [0.717, 1.165) is 10.0 Å². The molecule has 5 aromatic rings. The first-order chi connectivity index (χ1) is 17.7. The molecule has 4 N–H and O–H groups in total. The van der Waals surface area contributed by atoms with Crippen molar-refractivity contribution in [1.29, 1.82) is 0 Å². The Morgan fingerprint density at radius 3 is 2.73 bits per heavy atom. The fourth-order valence-electron chi connectivity index (χ4n) is 3.97. The van der Waals surface area contributed by atoms with Crippen molar-refractivity contribution in [3.8, 4) is 11.6 Å². The second kappa shape index (κ2) is 9.67. The molecule has 37 heavy (non-hydrogen) atoms. The molecule has 1 atom stereocenters. The molecular weight excluding hydrogens is 546 g/mol. The molecule has 0 aliphatic rings. The van der Waals surface area contributed by atoms with Crippen molar-refractivity contribution in [2.45, 2.75) is 19.6 Å². The summed E-state index contributed by atoms with van der Waals surface area (Å²) in [5, 5.41) is 30.1. The van der Waals surface area contributed by atoms with Crippen molar-refractivity contribution in [2.24, 2.45) is 17.3 Å². The quantitative estimate of drug-likeness (QED) is 0.220. The summed E-state index contributed by atoms with van der Waals surface area (Å²) >= 11 is 3.40. The molecule has 0 spiro atoms. The molecular formula is C24H22BrN7O5. The number of fused-ring (bicyclic) bond motifs is 2. The van der Waals surface area contributed by atoms with Crippen LogP contribution in [0.4, 0.5) is 11.6 Å². The summed E-state index contributed by atoms with van der Waals surface area (Å²) in [5.41, 5.74) is 0.504. The van der Waals surface area contributed by atoms with Crippen molar-refractivity contribution < 1.29 is 14.9 Å². The highest BCUT2D eigenvalue weighted by molar-refractivity contribution is 9.10.